The third-order valence-electron chi connectivity index (χ3n) is 3.89. The number of rotatable bonds is 6. The fraction of sp³-hybridized carbons (Fsp3) is 0.714. The zero-order valence-corrected chi connectivity index (χ0v) is 11.4. The molecule has 1 N–H and O–H groups in total. The van der Waals surface area contributed by atoms with Crippen LogP contribution in [0.1, 0.15) is 50.6 Å². The molecule has 1 aliphatic rings. The quantitative estimate of drug-likeness (QED) is 0.841. The molecule has 1 fully saturated rings. The van der Waals surface area contributed by atoms with Crippen molar-refractivity contribution < 1.29 is 4.74 Å². The number of methoxy groups -OCH3 is 1. The Labute approximate surface area is 109 Å². The first-order chi connectivity index (χ1) is 8.82. The highest BCUT2D eigenvalue weighted by Crippen LogP contribution is 2.42. The molecule has 0 aliphatic heterocycles. The highest BCUT2D eigenvalue weighted by Gasteiger charge is 2.42. The average molecular weight is 249 g/mol. The van der Waals surface area contributed by atoms with Crippen molar-refractivity contribution in [2.24, 2.45) is 0 Å². The Kier molecular flexibility index (Phi) is 4.66. The monoisotopic (exact) mass is 249 g/mol. The molecular weight excluding hydrogens is 226 g/mol. The summed E-state index contributed by atoms with van der Waals surface area (Å²) in [6, 6.07) is 0.200. The van der Waals surface area contributed by atoms with Crippen molar-refractivity contribution in [1.82, 2.24) is 15.3 Å². The zero-order valence-electron chi connectivity index (χ0n) is 11.4. The molecule has 1 heterocycles. The molecule has 4 nitrogen and oxygen atoms in total. The summed E-state index contributed by atoms with van der Waals surface area (Å²) in [4.78, 5) is 8.29. The van der Waals surface area contributed by atoms with Crippen LogP contribution in [0.5, 0.6) is 0 Å². The molecule has 0 bridgehead atoms. The van der Waals surface area contributed by atoms with Crippen LogP contribution >= 0.6 is 0 Å². The largest absolute Gasteiger partial charge is 0.376 e. The normalized spacial score (nSPS) is 19.9. The molecule has 1 aliphatic carbocycles. The second-order valence-electron chi connectivity index (χ2n) is 5.03. The lowest BCUT2D eigenvalue weighted by Crippen LogP contribution is -2.44. The van der Waals surface area contributed by atoms with Crippen LogP contribution in [-0.2, 0) is 4.74 Å². The summed E-state index contributed by atoms with van der Waals surface area (Å²) >= 11 is 0. The second-order valence-corrected chi connectivity index (χ2v) is 5.03. The Morgan fingerprint density at radius 1 is 1.33 bits per heavy atom. The van der Waals surface area contributed by atoms with Gasteiger partial charge in [0.1, 0.15) is 6.33 Å². The van der Waals surface area contributed by atoms with Gasteiger partial charge in [-0.15, -0.1) is 0 Å². The van der Waals surface area contributed by atoms with Crippen molar-refractivity contribution in [3.63, 3.8) is 0 Å². The van der Waals surface area contributed by atoms with Crippen molar-refractivity contribution >= 4 is 0 Å². The molecule has 1 aromatic heterocycles. The van der Waals surface area contributed by atoms with E-state index in [0.717, 1.165) is 31.4 Å². The van der Waals surface area contributed by atoms with Gasteiger partial charge >= 0.3 is 0 Å². The molecule has 0 amide bonds. The van der Waals surface area contributed by atoms with E-state index < -0.39 is 0 Å². The Morgan fingerprint density at radius 3 is 2.56 bits per heavy atom. The predicted molar refractivity (Wildman–Crippen MR) is 71.3 cm³/mol. The van der Waals surface area contributed by atoms with Gasteiger partial charge < -0.3 is 10.1 Å². The smallest absolute Gasteiger partial charge is 0.115 e. The maximum Gasteiger partial charge on any atom is 0.115 e. The summed E-state index contributed by atoms with van der Waals surface area (Å²) < 4.78 is 5.89. The number of ether oxygens (including phenoxy) is 1. The third kappa shape index (κ3) is 2.70. The van der Waals surface area contributed by atoms with Gasteiger partial charge in [-0.05, 0) is 25.8 Å². The van der Waals surface area contributed by atoms with Crippen LogP contribution in [0.15, 0.2) is 18.7 Å². The minimum Gasteiger partial charge on any atom is -0.376 e. The minimum atomic E-state index is -0.0834. The van der Waals surface area contributed by atoms with Crippen LogP contribution in [0.25, 0.3) is 0 Å². The lowest BCUT2D eigenvalue weighted by molar-refractivity contribution is -0.0369. The number of hydrogen-bond acceptors (Lipinski definition) is 4. The van der Waals surface area contributed by atoms with E-state index >= 15 is 0 Å². The molecule has 0 spiro atoms. The molecule has 0 radical (unpaired) electrons. The fourth-order valence-corrected chi connectivity index (χ4v) is 2.94. The van der Waals surface area contributed by atoms with Crippen LogP contribution < -0.4 is 5.32 Å². The maximum absolute atomic E-state index is 5.89. The molecule has 4 heteroatoms. The molecule has 0 saturated heterocycles. The predicted octanol–water partition coefficient (Wildman–Crippen LogP) is 2.48. The van der Waals surface area contributed by atoms with E-state index in [-0.39, 0.29) is 11.6 Å². The maximum atomic E-state index is 5.89. The Balaban J connectivity index is 2.24. The van der Waals surface area contributed by atoms with Crippen LogP contribution in [0.2, 0.25) is 0 Å². The first-order valence-electron chi connectivity index (χ1n) is 6.86. The number of aromatic nitrogens is 2. The molecule has 0 aromatic carbocycles. The molecule has 1 aromatic rings. The summed E-state index contributed by atoms with van der Waals surface area (Å²) in [5.74, 6) is 0. The van der Waals surface area contributed by atoms with E-state index in [2.05, 4.69) is 22.2 Å². The lowest BCUT2D eigenvalue weighted by atomic mass is 9.88. The highest BCUT2D eigenvalue weighted by atomic mass is 16.5. The van der Waals surface area contributed by atoms with E-state index in [4.69, 9.17) is 4.74 Å². The van der Waals surface area contributed by atoms with Crippen LogP contribution in [-0.4, -0.2) is 29.2 Å². The van der Waals surface area contributed by atoms with Gasteiger partial charge in [-0.1, -0.05) is 19.8 Å². The summed E-state index contributed by atoms with van der Waals surface area (Å²) in [5, 5.41) is 3.61. The van der Waals surface area contributed by atoms with Crippen molar-refractivity contribution in [2.75, 3.05) is 13.7 Å². The van der Waals surface area contributed by atoms with Crippen LogP contribution in [0.4, 0.5) is 0 Å². The summed E-state index contributed by atoms with van der Waals surface area (Å²) in [5.41, 5.74) is 1.05. The molecule has 1 saturated carbocycles. The molecule has 1 unspecified atom stereocenters. The Hall–Kier alpha value is -1.00. The second kappa shape index (κ2) is 6.25. The fourth-order valence-electron chi connectivity index (χ4n) is 2.94. The molecule has 1 atom stereocenters. The van der Waals surface area contributed by atoms with Gasteiger partial charge in [0.05, 0.1) is 11.6 Å². The SMILES string of the molecule is CCCNC(c1cncnc1)C1(OC)CCCC1. The first-order valence-corrected chi connectivity index (χ1v) is 6.86. The number of hydrogen-bond donors (Lipinski definition) is 1. The number of nitrogens with one attached hydrogen (secondary N) is 1. The van der Waals surface area contributed by atoms with E-state index in [1.54, 1.807) is 6.33 Å². The molecule has 100 valence electrons. The van der Waals surface area contributed by atoms with E-state index in [1.165, 1.54) is 12.8 Å². The zero-order chi connectivity index (χ0) is 12.8. The first kappa shape index (κ1) is 13.4. The molecular formula is C14H23N3O. The number of nitrogens with zero attached hydrogens (tertiary/aromatic N) is 2. The minimum absolute atomic E-state index is 0.0834. The third-order valence-corrected chi connectivity index (χ3v) is 3.89. The van der Waals surface area contributed by atoms with Gasteiger partial charge in [0, 0.05) is 25.1 Å². The van der Waals surface area contributed by atoms with Gasteiger partial charge in [0.2, 0.25) is 0 Å². The van der Waals surface area contributed by atoms with Crippen molar-refractivity contribution in [3.05, 3.63) is 24.3 Å². The van der Waals surface area contributed by atoms with Gasteiger partial charge in [-0.2, -0.15) is 0 Å². The van der Waals surface area contributed by atoms with Crippen molar-refractivity contribution in [2.45, 2.75) is 50.7 Å². The van der Waals surface area contributed by atoms with E-state index in [9.17, 15) is 0 Å². The van der Waals surface area contributed by atoms with Crippen LogP contribution in [0.3, 0.4) is 0 Å². The Bertz CT molecular complexity index is 349. The van der Waals surface area contributed by atoms with Crippen molar-refractivity contribution in [3.8, 4) is 0 Å². The topological polar surface area (TPSA) is 47.0 Å². The van der Waals surface area contributed by atoms with Crippen LogP contribution in [0, 0.1) is 0 Å². The molecule has 18 heavy (non-hydrogen) atoms. The summed E-state index contributed by atoms with van der Waals surface area (Å²) in [6.07, 6.45) is 11.2. The van der Waals surface area contributed by atoms with Gasteiger partial charge in [0.15, 0.2) is 0 Å². The van der Waals surface area contributed by atoms with Crippen molar-refractivity contribution in [1.29, 1.82) is 0 Å². The van der Waals surface area contributed by atoms with Gasteiger partial charge in [-0.3, -0.25) is 0 Å². The average Bonchev–Trinajstić information content (AvgIpc) is 2.90. The van der Waals surface area contributed by atoms with E-state index in [0.29, 0.717) is 0 Å². The highest BCUT2D eigenvalue weighted by molar-refractivity contribution is 5.16. The summed E-state index contributed by atoms with van der Waals surface area (Å²) in [7, 11) is 1.83. The molecule has 2 rings (SSSR count). The van der Waals surface area contributed by atoms with E-state index in [1.807, 2.05) is 19.5 Å². The summed E-state index contributed by atoms with van der Waals surface area (Å²) in [6.45, 7) is 3.17. The van der Waals surface area contributed by atoms with Gasteiger partial charge in [0.25, 0.3) is 0 Å². The lowest BCUT2D eigenvalue weighted by Gasteiger charge is -2.37. The Morgan fingerprint density at radius 2 is 2.00 bits per heavy atom. The standard InChI is InChI=1S/C14H23N3O/c1-3-8-17-13(12-9-15-11-16-10-12)14(18-2)6-4-5-7-14/h9-11,13,17H,3-8H2,1-2H3. The van der Waals surface area contributed by atoms with Gasteiger partial charge in [-0.25, -0.2) is 9.97 Å².